The quantitative estimate of drug-likeness (QED) is 0.388. The van der Waals surface area contributed by atoms with E-state index in [9.17, 15) is 9.59 Å². The van der Waals surface area contributed by atoms with Gasteiger partial charge in [0.1, 0.15) is 6.61 Å². The van der Waals surface area contributed by atoms with Gasteiger partial charge >= 0.3 is 0 Å². The third kappa shape index (κ3) is 5.77. The van der Waals surface area contributed by atoms with Crippen molar-refractivity contribution >= 4 is 39.1 Å². The number of halogens is 1. The van der Waals surface area contributed by atoms with Crippen LogP contribution >= 0.6 is 15.9 Å². The zero-order valence-corrected chi connectivity index (χ0v) is 21.5. The number of nitrogens with one attached hydrogen (secondary N) is 2. The highest BCUT2D eigenvalue weighted by molar-refractivity contribution is 9.10. The Morgan fingerprint density at radius 3 is 2.57 bits per heavy atom. The second-order valence-corrected chi connectivity index (χ2v) is 9.46. The van der Waals surface area contributed by atoms with Crippen molar-refractivity contribution in [2.24, 2.45) is 5.92 Å². The van der Waals surface area contributed by atoms with E-state index >= 15 is 0 Å². The average Bonchev–Trinajstić information content (AvgIpc) is 3.25. The number of methoxy groups -OCH3 is 1. The van der Waals surface area contributed by atoms with E-state index in [0.717, 1.165) is 26.9 Å². The number of carbonyl (C=O) groups excluding carboxylic acids is 2. The first kappa shape index (κ1) is 24.6. The van der Waals surface area contributed by atoms with Gasteiger partial charge in [-0.25, -0.2) is 0 Å². The SMILES string of the molecule is COc1cccc(NNC(=O)[C@H]2CC(=O)N(c3ccc(C)c(C)c3)C2)c1OCc1ccc(Br)cc1. The van der Waals surface area contributed by atoms with Gasteiger partial charge in [0.05, 0.1) is 18.7 Å². The lowest BCUT2D eigenvalue weighted by Crippen LogP contribution is -2.36. The third-order valence-corrected chi connectivity index (χ3v) is 6.64. The molecule has 1 aliphatic rings. The molecule has 1 aliphatic heterocycles. The molecule has 1 heterocycles. The molecule has 1 fully saturated rings. The second-order valence-electron chi connectivity index (χ2n) is 8.54. The number of aryl methyl sites for hydroxylation is 2. The van der Waals surface area contributed by atoms with Crippen molar-refractivity contribution < 1.29 is 19.1 Å². The largest absolute Gasteiger partial charge is 0.493 e. The molecule has 0 aromatic heterocycles. The Morgan fingerprint density at radius 2 is 1.86 bits per heavy atom. The third-order valence-electron chi connectivity index (χ3n) is 6.11. The van der Waals surface area contributed by atoms with Crippen LogP contribution < -0.4 is 25.2 Å². The Kier molecular flexibility index (Phi) is 7.60. The van der Waals surface area contributed by atoms with Crippen LogP contribution in [0.1, 0.15) is 23.1 Å². The van der Waals surface area contributed by atoms with Crippen molar-refractivity contribution in [3.05, 3.63) is 81.8 Å². The van der Waals surface area contributed by atoms with Gasteiger partial charge in [0.25, 0.3) is 0 Å². The summed E-state index contributed by atoms with van der Waals surface area (Å²) in [6, 6.07) is 19.1. The molecular weight excluding hydrogens is 510 g/mol. The lowest BCUT2D eigenvalue weighted by atomic mass is 10.1. The maximum absolute atomic E-state index is 12.9. The molecule has 2 N–H and O–H groups in total. The molecule has 0 bridgehead atoms. The fourth-order valence-corrected chi connectivity index (χ4v) is 4.18. The first-order chi connectivity index (χ1) is 16.9. The number of carbonyl (C=O) groups is 2. The molecule has 0 spiro atoms. The summed E-state index contributed by atoms with van der Waals surface area (Å²) < 4.78 is 12.5. The lowest BCUT2D eigenvalue weighted by molar-refractivity contribution is -0.125. The standard InChI is InChI=1S/C27H28BrN3O4/c1-17-7-12-22(13-18(17)2)31-15-20(14-25(31)32)27(33)30-29-23-5-4-6-24(34-3)26(23)35-16-19-8-10-21(28)11-9-19/h4-13,20,29H,14-16H2,1-3H3,(H,30,33)/t20-/m0/s1. The summed E-state index contributed by atoms with van der Waals surface area (Å²) >= 11 is 3.43. The number of hydrogen-bond donors (Lipinski definition) is 2. The van der Waals surface area contributed by atoms with Crippen molar-refractivity contribution in [3.8, 4) is 11.5 Å². The normalized spacial score (nSPS) is 15.1. The fraction of sp³-hybridized carbons (Fsp3) is 0.259. The molecule has 0 radical (unpaired) electrons. The van der Waals surface area contributed by atoms with Gasteiger partial charge in [-0.3, -0.25) is 20.4 Å². The minimum atomic E-state index is -0.464. The van der Waals surface area contributed by atoms with E-state index in [2.05, 4.69) is 26.8 Å². The number of anilines is 2. The molecule has 7 nitrogen and oxygen atoms in total. The molecular formula is C27H28BrN3O4. The fourth-order valence-electron chi connectivity index (χ4n) is 3.92. The summed E-state index contributed by atoms with van der Waals surface area (Å²) in [5.74, 6) is 0.241. The van der Waals surface area contributed by atoms with E-state index < -0.39 is 5.92 Å². The summed E-state index contributed by atoms with van der Waals surface area (Å²) in [5, 5.41) is 0. The van der Waals surface area contributed by atoms with Gasteiger partial charge in [-0.2, -0.15) is 0 Å². The molecule has 8 heteroatoms. The number of hydrazine groups is 1. The van der Waals surface area contributed by atoms with Crippen LogP contribution in [0.15, 0.2) is 65.1 Å². The average molecular weight is 538 g/mol. The Labute approximate surface area is 213 Å². The summed E-state index contributed by atoms with van der Waals surface area (Å²) in [6.45, 7) is 4.71. The first-order valence-electron chi connectivity index (χ1n) is 11.3. The minimum Gasteiger partial charge on any atom is -0.493 e. The van der Waals surface area contributed by atoms with Crippen LogP contribution in [-0.4, -0.2) is 25.5 Å². The number of hydrogen-bond acceptors (Lipinski definition) is 5. The summed E-state index contributed by atoms with van der Waals surface area (Å²) in [6.07, 6.45) is 0.158. The van der Waals surface area contributed by atoms with Crippen LogP contribution in [-0.2, 0) is 16.2 Å². The van der Waals surface area contributed by atoms with Crippen molar-refractivity contribution in [3.63, 3.8) is 0 Å². The highest BCUT2D eigenvalue weighted by atomic mass is 79.9. The van der Waals surface area contributed by atoms with Crippen molar-refractivity contribution in [1.29, 1.82) is 0 Å². The summed E-state index contributed by atoms with van der Waals surface area (Å²) in [7, 11) is 1.57. The molecule has 3 aromatic rings. The lowest BCUT2D eigenvalue weighted by Gasteiger charge is -2.19. The summed E-state index contributed by atoms with van der Waals surface area (Å²) in [5.41, 5.74) is 10.3. The molecule has 0 saturated carbocycles. The Morgan fingerprint density at radius 1 is 1.09 bits per heavy atom. The minimum absolute atomic E-state index is 0.0618. The van der Waals surface area contributed by atoms with Gasteiger partial charge in [0.15, 0.2) is 11.5 Å². The van der Waals surface area contributed by atoms with Crippen molar-refractivity contribution in [1.82, 2.24) is 5.43 Å². The van der Waals surface area contributed by atoms with E-state index in [0.29, 0.717) is 30.3 Å². The predicted octanol–water partition coefficient (Wildman–Crippen LogP) is 5.15. The molecule has 1 atom stereocenters. The Bertz CT molecular complexity index is 1230. The highest BCUT2D eigenvalue weighted by Gasteiger charge is 2.35. The van der Waals surface area contributed by atoms with E-state index in [-0.39, 0.29) is 18.2 Å². The molecule has 1 saturated heterocycles. The zero-order chi connectivity index (χ0) is 24.9. The van der Waals surface area contributed by atoms with E-state index in [4.69, 9.17) is 9.47 Å². The van der Waals surface area contributed by atoms with Crippen LogP contribution in [0.3, 0.4) is 0 Å². The van der Waals surface area contributed by atoms with E-state index in [1.807, 2.05) is 56.3 Å². The van der Waals surface area contributed by atoms with Crippen LogP contribution in [0, 0.1) is 19.8 Å². The monoisotopic (exact) mass is 537 g/mol. The highest BCUT2D eigenvalue weighted by Crippen LogP contribution is 2.35. The molecule has 2 amide bonds. The second kappa shape index (κ2) is 10.8. The number of amides is 2. The first-order valence-corrected chi connectivity index (χ1v) is 12.1. The number of ether oxygens (including phenoxy) is 2. The molecule has 3 aromatic carbocycles. The maximum Gasteiger partial charge on any atom is 0.243 e. The van der Waals surface area contributed by atoms with E-state index in [1.54, 1.807) is 30.2 Å². The van der Waals surface area contributed by atoms with Gasteiger partial charge in [-0.15, -0.1) is 0 Å². The van der Waals surface area contributed by atoms with Crippen LogP contribution in [0.4, 0.5) is 11.4 Å². The van der Waals surface area contributed by atoms with E-state index in [1.165, 1.54) is 0 Å². The Hall–Kier alpha value is -3.52. The molecule has 0 aliphatic carbocycles. The molecule has 35 heavy (non-hydrogen) atoms. The number of nitrogens with zero attached hydrogens (tertiary/aromatic N) is 1. The zero-order valence-electron chi connectivity index (χ0n) is 19.9. The maximum atomic E-state index is 12.9. The Balaban J connectivity index is 1.41. The number of para-hydroxylation sites is 1. The molecule has 4 rings (SSSR count). The van der Waals surface area contributed by atoms with Crippen molar-refractivity contribution in [2.75, 3.05) is 24.0 Å². The summed E-state index contributed by atoms with van der Waals surface area (Å²) in [4.78, 5) is 27.2. The number of benzene rings is 3. The van der Waals surface area contributed by atoms with Crippen LogP contribution in [0.5, 0.6) is 11.5 Å². The van der Waals surface area contributed by atoms with Gasteiger partial charge in [-0.1, -0.05) is 40.2 Å². The van der Waals surface area contributed by atoms with Gasteiger partial charge < -0.3 is 14.4 Å². The van der Waals surface area contributed by atoms with Crippen LogP contribution in [0.25, 0.3) is 0 Å². The molecule has 0 unspecified atom stereocenters. The van der Waals surface area contributed by atoms with Gasteiger partial charge in [-0.05, 0) is 66.9 Å². The van der Waals surface area contributed by atoms with Crippen LogP contribution in [0.2, 0.25) is 0 Å². The van der Waals surface area contributed by atoms with Gasteiger partial charge in [0, 0.05) is 23.1 Å². The van der Waals surface area contributed by atoms with Gasteiger partial charge in [0.2, 0.25) is 11.8 Å². The predicted molar refractivity (Wildman–Crippen MR) is 140 cm³/mol. The topological polar surface area (TPSA) is 79.9 Å². The smallest absolute Gasteiger partial charge is 0.243 e. The number of rotatable bonds is 8. The molecule has 182 valence electrons. The van der Waals surface area contributed by atoms with Crippen molar-refractivity contribution in [2.45, 2.75) is 26.9 Å².